The molecule has 3 atom stereocenters. The molecule has 7 heteroatoms. The average molecular weight is 589 g/mol. The van der Waals surface area contributed by atoms with Crippen molar-refractivity contribution in [2.75, 3.05) is 6.61 Å². The molecule has 1 N–H and O–H groups in total. The van der Waals surface area contributed by atoms with Gasteiger partial charge in [-0.3, -0.25) is 4.79 Å². The van der Waals surface area contributed by atoms with Gasteiger partial charge in [0.2, 0.25) is 5.78 Å². The maximum atomic E-state index is 14.5. The highest BCUT2D eigenvalue weighted by atomic mass is 16.7. The molecule has 1 aliphatic carbocycles. The molecule has 7 nitrogen and oxygen atoms in total. The van der Waals surface area contributed by atoms with Crippen LogP contribution in [-0.4, -0.2) is 41.1 Å². The van der Waals surface area contributed by atoms with Crippen LogP contribution in [0.25, 0.3) is 0 Å². The van der Waals surface area contributed by atoms with Gasteiger partial charge in [0.15, 0.2) is 6.10 Å². The zero-order valence-corrected chi connectivity index (χ0v) is 23.9. The number of hydrogen-bond acceptors (Lipinski definition) is 7. The third-order valence-corrected chi connectivity index (χ3v) is 7.38. The van der Waals surface area contributed by atoms with Gasteiger partial charge in [-0.2, -0.15) is 0 Å². The Morgan fingerprint density at radius 3 is 1.39 bits per heavy atom. The molecule has 0 spiro atoms. The Hall–Kier alpha value is -5.27. The second kappa shape index (κ2) is 12.9. The lowest BCUT2D eigenvalue weighted by atomic mass is 9.73. The Labute approximate surface area is 256 Å². The predicted octanol–water partition coefficient (Wildman–Crippen LogP) is 6.52. The van der Waals surface area contributed by atoms with Crippen LogP contribution in [-0.2, 0) is 4.79 Å². The van der Waals surface area contributed by atoms with Crippen molar-refractivity contribution < 1.29 is 33.6 Å². The Balaban J connectivity index is 1.60. The van der Waals surface area contributed by atoms with Crippen molar-refractivity contribution in [2.45, 2.75) is 30.0 Å². The van der Waals surface area contributed by atoms with Crippen LogP contribution >= 0.6 is 0 Å². The standard InChI is InChI=1S/C37H32O7/c38-33-26-34(39)37(43-31-22-12-4-13-23-31,44-32-24-14-5-15-25-32)36(42-30-20-10-3-11-21-30,27-40-28-16-6-1-7-17-28)35(33)41-29-18-8-2-9-19-29/h1-25,33,35,38H,26-27H2. The van der Waals surface area contributed by atoms with E-state index in [1.54, 1.807) is 84.9 Å². The van der Waals surface area contributed by atoms with Crippen LogP contribution < -0.4 is 23.7 Å². The Morgan fingerprint density at radius 1 is 0.545 bits per heavy atom. The van der Waals surface area contributed by atoms with E-state index in [1.165, 1.54) is 0 Å². The van der Waals surface area contributed by atoms with Crippen LogP contribution in [0.4, 0.5) is 0 Å². The van der Waals surface area contributed by atoms with Crippen LogP contribution in [0.2, 0.25) is 0 Å². The van der Waals surface area contributed by atoms with Gasteiger partial charge in [0.1, 0.15) is 41.5 Å². The number of ketones is 1. The van der Waals surface area contributed by atoms with E-state index in [-0.39, 0.29) is 13.0 Å². The summed E-state index contributed by atoms with van der Waals surface area (Å²) in [6.45, 7) is -0.300. The number of carbonyl (C=O) groups is 1. The summed E-state index contributed by atoms with van der Waals surface area (Å²) in [6.07, 6.45) is -2.85. The lowest BCUT2D eigenvalue weighted by Gasteiger charge is -2.53. The third-order valence-electron chi connectivity index (χ3n) is 7.38. The van der Waals surface area contributed by atoms with Crippen molar-refractivity contribution in [1.82, 2.24) is 0 Å². The van der Waals surface area contributed by atoms with Crippen molar-refractivity contribution in [3.63, 3.8) is 0 Å². The molecule has 3 unspecified atom stereocenters. The summed E-state index contributed by atoms with van der Waals surface area (Å²) >= 11 is 0. The number of rotatable bonds is 11. The highest BCUT2D eigenvalue weighted by Gasteiger charge is 2.74. The van der Waals surface area contributed by atoms with Crippen LogP contribution in [0, 0.1) is 0 Å². The number of ether oxygens (including phenoxy) is 5. The first-order valence-electron chi connectivity index (χ1n) is 14.4. The SMILES string of the molecule is O=C1CC(O)C(Oc2ccccc2)C(COc2ccccc2)(Oc2ccccc2)C1(Oc1ccccc1)Oc1ccccc1. The fourth-order valence-electron chi connectivity index (χ4n) is 5.34. The molecular formula is C37H32O7. The van der Waals surface area contributed by atoms with E-state index in [1.807, 2.05) is 66.7 Å². The fourth-order valence-corrected chi connectivity index (χ4v) is 5.34. The molecule has 0 aromatic heterocycles. The zero-order valence-electron chi connectivity index (χ0n) is 23.9. The van der Waals surface area contributed by atoms with Crippen molar-refractivity contribution in [1.29, 1.82) is 0 Å². The van der Waals surface area contributed by atoms with Crippen molar-refractivity contribution in [3.05, 3.63) is 152 Å². The highest BCUT2D eigenvalue weighted by molar-refractivity contribution is 5.90. The first-order valence-corrected chi connectivity index (χ1v) is 14.4. The van der Waals surface area contributed by atoms with Crippen molar-refractivity contribution in [2.24, 2.45) is 0 Å². The number of benzene rings is 5. The maximum Gasteiger partial charge on any atom is 0.360 e. The first kappa shape index (κ1) is 28.8. The van der Waals surface area contributed by atoms with E-state index < -0.39 is 29.4 Å². The van der Waals surface area contributed by atoms with Gasteiger partial charge in [-0.1, -0.05) is 91.0 Å². The molecule has 0 saturated heterocycles. The Morgan fingerprint density at radius 2 is 0.932 bits per heavy atom. The van der Waals surface area contributed by atoms with Gasteiger partial charge in [-0.05, 0) is 60.7 Å². The van der Waals surface area contributed by atoms with Crippen LogP contribution in [0.5, 0.6) is 28.7 Å². The second-order valence-corrected chi connectivity index (χ2v) is 10.4. The molecule has 0 bridgehead atoms. The molecular weight excluding hydrogens is 556 g/mol. The van der Waals surface area contributed by atoms with Crippen molar-refractivity contribution in [3.8, 4) is 28.7 Å². The second-order valence-electron chi connectivity index (χ2n) is 10.4. The van der Waals surface area contributed by atoms with E-state index >= 15 is 0 Å². The Bertz CT molecular complexity index is 1570. The third kappa shape index (κ3) is 5.96. The highest BCUT2D eigenvalue weighted by Crippen LogP contribution is 2.45. The van der Waals surface area contributed by atoms with E-state index in [0.29, 0.717) is 28.7 Å². The summed E-state index contributed by atoms with van der Waals surface area (Å²) < 4.78 is 33.2. The molecule has 5 aromatic rings. The smallest absolute Gasteiger partial charge is 0.360 e. The largest absolute Gasteiger partial charge is 0.489 e. The van der Waals surface area contributed by atoms with Gasteiger partial charge >= 0.3 is 5.79 Å². The monoisotopic (exact) mass is 588 g/mol. The topological polar surface area (TPSA) is 83.5 Å². The van der Waals surface area contributed by atoms with E-state index in [4.69, 9.17) is 23.7 Å². The van der Waals surface area contributed by atoms with Gasteiger partial charge < -0.3 is 28.8 Å². The maximum absolute atomic E-state index is 14.5. The molecule has 1 saturated carbocycles. The van der Waals surface area contributed by atoms with Crippen LogP contribution in [0.1, 0.15) is 6.42 Å². The fraction of sp³-hybridized carbons (Fsp3) is 0.162. The van der Waals surface area contributed by atoms with Crippen LogP contribution in [0.15, 0.2) is 152 Å². The molecule has 0 aliphatic heterocycles. The summed E-state index contributed by atoms with van der Waals surface area (Å²) in [5.41, 5.74) is -1.92. The van der Waals surface area contributed by atoms with Crippen molar-refractivity contribution >= 4 is 5.78 Å². The summed E-state index contributed by atoms with van der Waals surface area (Å²) in [4.78, 5) is 14.5. The molecule has 1 aliphatic rings. The van der Waals surface area contributed by atoms with Gasteiger partial charge in [0.05, 0.1) is 0 Å². The molecule has 5 aromatic carbocycles. The number of aliphatic hydroxyl groups excluding tert-OH is 1. The van der Waals surface area contributed by atoms with E-state index in [9.17, 15) is 9.90 Å². The number of Topliss-reactive ketones (excluding diaryl/α,β-unsaturated/α-hetero) is 1. The molecule has 44 heavy (non-hydrogen) atoms. The molecule has 6 rings (SSSR count). The van der Waals surface area contributed by atoms with Gasteiger partial charge in [-0.25, -0.2) is 0 Å². The number of hydrogen-bond donors (Lipinski definition) is 1. The quantitative estimate of drug-likeness (QED) is 0.176. The van der Waals surface area contributed by atoms with Crippen LogP contribution in [0.3, 0.4) is 0 Å². The minimum atomic E-state index is -2.20. The number of aliphatic hydroxyl groups is 1. The Kier molecular flexibility index (Phi) is 8.48. The number of para-hydroxylation sites is 5. The summed E-state index contributed by atoms with van der Waals surface area (Å²) in [6, 6.07) is 45.0. The minimum absolute atomic E-state index is 0.300. The molecule has 222 valence electrons. The minimum Gasteiger partial charge on any atom is -0.489 e. The summed E-state index contributed by atoms with van der Waals surface area (Å²) in [5, 5.41) is 11.7. The average Bonchev–Trinajstić information content (AvgIpc) is 3.07. The van der Waals surface area contributed by atoms with Gasteiger partial charge in [0, 0.05) is 6.42 Å². The van der Waals surface area contributed by atoms with E-state index in [0.717, 1.165) is 0 Å². The number of carbonyl (C=O) groups excluding carboxylic acids is 1. The van der Waals surface area contributed by atoms with Gasteiger partial charge in [-0.15, -0.1) is 0 Å². The lowest BCUT2D eigenvalue weighted by Crippen LogP contribution is -2.81. The van der Waals surface area contributed by atoms with E-state index in [2.05, 4.69) is 0 Å². The summed E-state index contributed by atoms with van der Waals surface area (Å²) in [7, 11) is 0. The predicted molar refractivity (Wildman–Crippen MR) is 165 cm³/mol. The van der Waals surface area contributed by atoms with Gasteiger partial charge in [0.25, 0.3) is 5.60 Å². The normalized spacial score (nSPS) is 20.7. The molecule has 0 heterocycles. The lowest BCUT2D eigenvalue weighted by molar-refractivity contribution is -0.277. The molecule has 1 fully saturated rings. The zero-order chi connectivity index (χ0) is 30.2. The molecule has 0 radical (unpaired) electrons. The molecule has 0 amide bonds. The summed E-state index contributed by atoms with van der Waals surface area (Å²) in [5.74, 6) is -0.662. The first-order chi connectivity index (χ1) is 21.6.